The summed E-state index contributed by atoms with van der Waals surface area (Å²) in [7, 11) is 2.10. The predicted molar refractivity (Wildman–Crippen MR) is 63.2 cm³/mol. The number of Topliss-reactive ketones (excluding diaryl/α,β-unsaturated/α-hetero) is 1. The number of pyridine rings is 1. The number of nitrogens with zero attached hydrogens (tertiary/aromatic N) is 2. The quantitative estimate of drug-likeness (QED) is 0.771. The summed E-state index contributed by atoms with van der Waals surface area (Å²) in [6.45, 7) is 0.981. The van der Waals surface area contributed by atoms with E-state index in [0.717, 1.165) is 37.9 Å². The van der Waals surface area contributed by atoms with Crippen LogP contribution in [0.15, 0.2) is 24.4 Å². The summed E-state index contributed by atoms with van der Waals surface area (Å²) >= 11 is 0. The van der Waals surface area contributed by atoms with Crippen molar-refractivity contribution in [2.24, 2.45) is 0 Å². The lowest BCUT2D eigenvalue weighted by Crippen LogP contribution is -2.31. The third kappa shape index (κ3) is 2.89. The van der Waals surface area contributed by atoms with Crippen LogP contribution in [0, 0.1) is 0 Å². The number of likely N-dealkylation sites (N-methyl/N-ethyl adjacent to an activating group) is 1. The molecule has 1 atom stereocenters. The van der Waals surface area contributed by atoms with E-state index in [4.69, 9.17) is 0 Å². The first-order valence-corrected chi connectivity index (χ1v) is 5.87. The Labute approximate surface area is 96.5 Å². The molecule has 0 radical (unpaired) electrons. The standard InChI is InChI=1S/C13H18N2O/c1-15(12-5-6-13(16)10-12)9-7-11-4-2-3-8-14-11/h2-4,8,12H,5-7,9-10H2,1H3. The molecular weight excluding hydrogens is 200 g/mol. The molecule has 1 heterocycles. The van der Waals surface area contributed by atoms with Gasteiger partial charge in [0.2, 0.25) is 0 Å². The Balaban J connectivity index is 1.80. The van der Waals surface area contributed by atoms with Gasteiger partial charge in [-0.05, 0) is 25.6 Å². The van der Waals surface area contributed by atoms with Gasteiger partial charge in [-0.3, -0.25) is 9.78 Å². The third-order valence-electron chi connectivity index (χ3n) is 3.29. The van der Waals surface area contributed by atoms with Gasteiger partial charge in [0.05, 0.1) is 0 Å². The molecule has 1 unspecified atom stereocenters. The van der Waals surface area contributed by atoms with Crippen molar-refractivity contribution in [2.45, 2.75) is 31.7 Å². The number of ketones is 1. The molecule has 1 aliphatic rings. The molecular formula is C13H18N2O. The molecule has 1 aromatic heterocycles. The van der Waals surface area contributed by atoms with Crippen LogP contribution in [0.5, 0.6) is 0 Å². The molecule has 86 valence electrons. The number of hydrogen-bond acceptors (Lipinski definition) is 3. The highest BCUT2D eigenvalue weighted by atomic mass is 16.1. The van der Waals surface area contributed by atoms with Crippen molar-refractivity contribution in [1.29, 1.82) is 0 Å². The molecule has 16 heavy (non-hydrogen) atoms. The Morgan fingerprint density at radius 2 is 2.38 bits per heavy atom. The van der Waals surface area contributed by atoms with Crippen LogP contribution in [0.3, 0.4) is 0 Å². The lowest BCUT2D eigenvalue weighted by molar-refractivity contribution is -0.117. The number of rotatable bonds is 4. The summed E-state index contributed by atoms with van der Waals surface area (Å²) in [4.78, 5) is 17.8. The first kappa shape index (κ1) is 11.3. The molecule has 0 spiro atoms. The zero-order chi connectivity index (χ0) is 11.4. The first-order chi connectivity index (χ1) is 7.75. The second-order valence-electron chi connectivity index (χ2n) is 4.49. The van der Waals surface area contributed by atoms with Gasteiger partial charge in [-0.1, -0.05) is 6.07 Å². The van der Waals surface area contributed by atoms with E-state index in [1.165, 1.54) is 0 Å². The number of aromatic nitrogens is 1. The van der Waals surface area contributed by atoms with E-state index in [-0.39, 0.29) is 0 Å². The minimum atomic E-state index is 0.412. The Morgan fingerprint density at radius 3 is 3.00 bits per heavy atom. The molecule has 0 aromatic carbocycles. The van der Waals surface area contributed by atoms with Crippen molar-refractivity contribution in [3.05, 3.63) is 30.1 Å². The maximum Gasteiger partial charge on any atom is 0.134 e. The average molecular weight is 218 g/mol. The van der Waals surface area contributed by atoms with E-state index in [2.05, 4.69) is 16.9 Å². The highest BCUT2D eigenvalue weighted by molar-refractivity contribution is 5.81. The Kier molecular flexibility index (Phi) is 3.67. The zero-order valence-electron chi connectivity index (χ0n) is 9.72. The van der Waals surface area contributed by atoms with E-state index < -0.39 is 0 Å². The van der Waals surface area contributed by atoms with Crippen LogP contribution >= 0.6 is 0 Å². The summed E-state index contributed by atoms with van der Waals surface area (Å²) in [5, 5.41) is 0. The second-order valence-corrected chi connectivity index (χ2v) is 4.49. The number of carbonyl (C=O) groups is 1. The zero-order valence-corrected chi connectivity index (χ0v) is 9.72. The van der Waals surface area contributed by atoms with Gasteiger partial charge in [0.1, 0.15) is 5.78 Å². The average Bonchev–Trinajstić information content (AvgIpc) is 2.74. The van der Waals surface area contributed by atoms with E-state index in [1.807, 2.05) is 24.4 Å². The van der Waals surface area contributed by atoms with E-state index in [0.29, 0.717) is 11.8 Å². The molecule has 1 aliphatic carbocycles. The van der Waals surface area contributed by atoms with E-state index in [1.54, 1.807) is 0 Å². The van der Waals surface area contributed by atoms with Crippen molar-refractivity contribution < 1.29 is 4.79 Å². The minimum absolute atomic E-state index is 0.412. The molecule has 0 aliphatic heterocycles. The highest BCUT2D eigenvalue weighted by Gasteiger charge is 2.24. The van der Waals surface area contributed by atoms with Gasteiger partial charge in [0.15, 0.2) is 0 Å². The van der Waals surface area contributed by atoms with Crippen LogP contribution < -0.4 is 0 Å². The molecule has 1 saturated carbocycles. The smallest absolute Gasteiger partial charge is 0.134 e. The van der Waals surface area contributed by atoms with Gasteiger partial charge in [-0.2, -0.15) is 0 Å². The van der Waals surface area contributed by atoms with Gasteiger partial charge in [0.25, 0.3) is 0 Å². The molecule has 1 fully saturated rings. The fourth-order valence-electron chi connectivity index (χ4n) is 2.19. The topological polar surface area (TPSA) is 33.2 Å². The van der Waals surface area contributed by atoms with Crippen molar-refractivity contribution in [3.8, 4) is 0 Å². The molecule has 2 rings (SSSR count). The normalized spacial score (nSPS) is 20.6. The molecule has 0 bridgehead atoms. The van der Waals surface area contributed by atoms with Crippen LogP contribution in [0.4, 0.5) is 0 Å². The van der Waals surface area contributed by atoms with Crippen LogP contribution in [0.1, 0.15) is 25.0 Å². The molecule has 0 N–H and O–H groups in total. The van der Waals surface area contributed by atoms with Gasteiger partial charge in [-0.15, -0.1) is 0 Å². The minimum Gasteiger partial charge on any atom is -0.303 e. The number of hydrogen-bond donors (Lipinski definition) is 0. The summed E-state index contributed by atoms with van der Waals surface area (Å²) in [6.07, 6.45) is 5.31. The maximum atomic E-state index is 11.2. The molecule has 0 saturated heterocycles. The van der Waals surface area contributed by atoms with Crippen LogP contribution in [0.2, 0.25) is 0 Å². The Bertz CT molecular complexity index is 350. The highest BCUT2D eigenvalue weighted by Crippen LogP contribution is 2.19. The van der Waals surface area contributed by atoms with Gasteiger partial charge < -0.3 is 4.90 Å². The van der Waals surface area contributed by atoms with Crippen molar-refractivity contribution in [2.75, 3.05) is 13.6 Å². The lowest BCUT2D eigenvalue weighted by Gasteiger charge is -2.22. The van der Waals surface area contributed by atoms with E-state index >= 15 is 0 Å². The Hall–Kier alpha value is -1.22. The SMILES string of the molecule is CN(CCc1ccccn1)C1CCC(=O)C1. The second kappa shape index (κ2) is 5.21. The predicted octanol–water partition coefficient (Wildman–Crippen LogP) is 1.68. The van der Waals surface area contributed by atoms with Crippen LogP contribution in [-0.4, -0.2) is 35.3 Å². The van der Waals surface area contributed by atoms with Gasteiger partial charge >= 0.3 is 0 Å². The lowest BCUT2D eigenvalue weighted by atomic mass is 10.2. The van der Waals surface area contributed by atoms with Gasteiger partial charge in [-0.25, -0.2) is 0 Å². The molecule has 3 heteroatoms. The van der Waals surface area contributed by atoms with Crippen molar-refractivity contribution in [1.82, 2.24) is 9.88 Å². The molecule has 1 aromatic rings. The summed E-state index contributed by atoms with van der Waals surface area (Å²) in [5.74, 6) is 0.412. The van der Waals surface area contributed by atoms with Crippen LogP contribution in [-0.2, 0) is 11.2 Å². The Morgan fingerprint density at radius 1 is 1.50 bits per heavy atom. The van der Waals surface area contributed by atoms with Crippen LogP contribution in [0.25, 0.3) is 0 Å². The first-order valence-electron chi connectivity index (χ1n) is 5.87. The summed E-state index contributed by atoms with van der Waals surface area (Å²) < 4.78 is 0. The van der Waals surface area contributed by atoms with Crippen molar-refractivity contribution in [3.63, 3.8) is 0 Å². The maximum absolute atomic E-state index is 11.2. The molecule has 0 amide bonds. The monoisotopic (exact) mass is 218 g/mol. The third-order valence-corrected chi connectivity index (χ3v) is 3.29. The van der Waals surface area contributed by atoms with Crippen molar-refractivity contribution >= 4 is 5.78 Å². The summed E-state index contributed by atoms with van der Waals surface area (Å²) in [6, 6.07) is 6.45. The number of carbonyl (C=O) groups excluding carboxylic acids is 1. The van der Waals surface area contributed by atoms with E-state index in [9.17, 15) is 4.79 Å². The fourth-order valence-corrected chi connectivity index (χ4v) is 2.19. The molecule has 3 nitrogen and oxygen atoms in total. The largest absolute Gasteiger partial charge is 0.303 e. The fraction of sp³-hybridized carbons (Fsp3) is 0.538. The van der Waals surface area contributed by atoms with Gasteiger partial charge in [0, 0.05) is 43.7 Å². The summed E-state index contributed by atoms with van der Waals surface area (Å²) in [5.41, 5.74) is 1.12.